The molecule has 0 aliphatic rings. The Kier molecular flexibility index (Phi) is 2.73. The number of alkyl halides is 3. The summed E-state index contributed by atoms with van der Waals surface area (Å²) in [4.78, 5) is 22.2. The van der Waals surface area contributed by atoms with Gasteiger partial charge in [-0.05, 0) is 18.2 Å². The lowest BCUT2D eigenvalue weighted by Crippen LogP contribution is -2.10. The lowest BCUT2D eigenvalue weighted by atomic mass is 10.1. The van der Waals surface area contributed by atoms with Crippen molar-refractivity contribution in [3.63, 3.8) is 0 Å². The molecule has 0 saturated carbocycles. The third-order valence-corrected chi connectivity index (χ3v) is 2.39. The van der Waals surface area contributed by atoms with Gasteiger partial charge in [0.2, 0.25) is 11.2 Å². The Morgan fingerprint density at radius 1 is 1.26 bits per heavy atom. The van der Waals surface area contributed by atoms with Gasteiger partial charge in [0.15, 0.2) is 0 Å². The Balaban J connectivity index is 2.84. The number of halogens is 3. The zero-order valence-electron chi connectivity index (χ0n) is 8.99. The number of hydrogen-bond donors (Lipinski definition) is 2. The average Bonchev–Trinajstić information content (AvgIpc) is 2.31. The number of carboxylic acids is 1. The zero-order chi connectivity index (χ0) is 14.4. The first-order valence-electron chi connectivity index (χ1n) is 4.82. The van der Waals surface area contributed by atoms with Crippen LogP contribution in [0.5, 0.6) is 5.75 Å². The van der Waals surface area contributed by atoms with Crippen LogP contribution in [0.2, 0.25) is 0 Å². The Morgan fingerprint density at radius 2 is 1.89 bits per heavy atom. The quantitative estimate of drug-likeness (QED) is 0.832. The monoisotopic (exact) mass is 274 g/mol. The van der Waals surface area contributed by atoms with Crippen molar-refractivity contribution in [3.8, 4) is 5.75 Å². The summed E-state index contributed by atoms with van der Waals surface area (Å²) >= 11 is 0. The molecule has 5 nitrogen and oxygen atoms in total. The smallest absolute Gasteiger partial charge is 0.416 e. The van der Waals surface area contributed by atoms with Crippen LogP contribution in [0.25, 0.3) is 11.0 Å². The number of carbonyl (C=O) groups is 1. The van der Waals surface area contributed by atoms with Gasteiger partial charge in [0, 0.05) is 0 Å². The second-order valence-electron chi connectivity index (χ2n) is 3.62. The Hall–Kier alpha value is -2.51. The van der Waals surface area contributed by atoms with Crippen LogP contribution in [0, 0.1) is 0 Å². The SMILES string of the molecule is O=C(O)c1oc2cc(C(F)(F)F)ccc2c(=O)c1O. The molecule has 0 aliphatic carbocycles. The fraction of sp³-hybridized carbons (Fsp3) is 0.0909. The largest absolute Gasteiger partial charge is 0.501 e. The van der Waals surface area contributed by atoms with Crippen LogP contribution < -0.4 is 5.43 Å². The molecule has 0 bridgehead atoms. The second kappa shape index (κ2) is 4.01. The highest BCUT2D eigenvalue weighted by Gasteiger charge is 2.31. The van der Waals surface area contributed by atoms with Gasteiger partial charge in [-0.3, -0.25) is 4.79 Å². The van der Waals surface area contributed by atoms with E-state index in [1.54, 1.807) is 0 Å². The van der Waals surface area contributed by atoms with E-state index in [4.69, 9.17) is 5.11 Å². The van der Waals surface area contributed by atoms with Crippen molar-refractivity contribution >= 4 is 16.9 Å². The summed E-state index contributed by atoms with van der Waals surface area (Å²) in [5.74, 6) is -4.01. The van der Waals surface area contributed by atoms with E-state index in [1.165, 1.54) is 0 Å². The summed E-state index contributed by atoms with van der Waals surface area (Å²) in [7, 11) is 0. The van der Waals surface area contributed by atoms with Crippen molar-refractivity contribution in [1.82, 2.24) is 0 Å². The number of rotatable bonds is 1. The molecule has 0 aliphatic heterocycles. The molecule has 2 rings (SSSR count). The predicted octanol–water partition coefficient (Wildman–Crippen LogP) is 2.22. The molecule has 2 N–H and O–H groups in total. The predicted molar refractivity (Wildman–Crippen MR) is 56.1 cm³/mol. The third-order valence-electron chi connectivity index (χ3n) is 2.39. The lowest BCUT2D eigenvalue weighted by molar-refractivity contribution is -0.137. The zero-order valence-corrected chi connectivity index (χ0v) is 8.99. The Bertz CT molecular complexity index is 729. The maximum Gasteiger partial charge on any atom is 0.416 e. The third kappa shape index (κ3) is 2.12. The normalized spacial score (nSPS) is 11.7. The van der Waals surface area contributed by atoms with Crippen LogP contribution in [0.3, 0.4) is 0 Å². The molecule has 100 valence electrons. The average molecular weight is 274 g/mol. The summed E-state index contributed by atoms with van der Waals surface area (Å²) in [5.41, 5.74) is -2.76. The molecule has 0 atom stereocenters. The van der Waals surface area contributed by atoms with Crippen molar-refractivity contribution in [2.75, 3.05) is 0 Å². The first kappa shape index (κ1) is 12.9. The molecule has 2 aromatic rings. The van der Waals surface area contributed by atoms with E-state index in [1.807, 2.05) is 0 Å². The van der Waals surface area contributed by atoms with Gasteiger partial charge in [0.1, 0.15) is 5.58 Å². The van der Waals surface area contributed by atoms with Crippen LogP contribution in [0.4, 0.5) is 13.2 Å². The highest BCUT2D eigenvalue weighted by molar-refractivity contribution is 5.91. The fourth-order valence-electron chi connectivity index (χ4n) is 1.50. The number of carboxylic acid groups (broad SMARTS) is 1. The summed E-state index contributed by atoms with van der Waals surface area (Å²) in [5, 5.41) is 17.6. The van der Waals surface area contributed by atoms with Gasteiger partial charge in [-0.25, -0.2) is 4.79 Å². The topological polar surface area (TPSA) is 87.7 Å². The van der Waals surface area contributed by atoms with E-state index < -0.39 is 40.2 Å². The van der Waals surface area contributed by atoms with Crippen LogP contribution in [-0.2, 0) is 6.18 Å². The van der Waals surface area contributed by atoms with E-state index in [2.05, 4.69) is 4.42 Å². The molecular weight excluding hydrogens is 269 g/mol. The molecule has 0 spiro atoms. The molecule has 0 amide bonds. The van der Waals surface area contributed by atoms with E-state index in [-0.39, 0.29) is 5.39 Å². The molecular formula is C11H5F3O5. The first-order chi connectivity index (χ1) is 8.71. The molecule has 8 heteroatoms. The van der Waals surface area contributed by atoms with Crippen LogP contribution >= 0.6 is 0 Å². The number of aromatic carboxylic acids is 1. The summed E-state index contributed by atoms with van der Waals surface area (Å²) < 4.78 is 42.0. The summed E-state index contributed by atoms with van der Waals surface area (Å²) in [6.07, 6.45) is -4.66. The highest BCUT2D eigenvalue weighted by atomic mass is 19.4. The van der Waals surface area contributed by atoms with Crippen molar-refractivity contribution in [3.05, 3.63) is 39.7 Å². The molecule has 0 unspecified atom stereocenters. The summed E-state index contributed by atoms with van der Waals surface area (Å²) in [6.45, 7) is 0. The van der Waals surface area contributed by atoms with Gasteiger partial charge in [0.25, 0.3) is 5.76 Å². The number of aromatic hydroxyl groups is 1. The fourth-order valence-corrected chi connectivity index (χ4v) is 1.50. The molecule has 1 aromatic carbocycles. The van der Waals surface area contributed by atoms with Crippen molar-refractivity contribution in [2.45, 2.75) is 6.18 Å². The van der Waals surface area contributed by atoms with E-state index in [0.29, 0.717) is 12.1 Å². The molecule has 0 radical (unpaired) electrons. The number of benzene rings is 1. The van der Waals surface area contributed by atoms with Gasteiger partial charge < -0.3 is 14.6 Å². The van der Waals surface area contributed by atoms with Gasteiger partial charge in [-0.2, -0.15) is 13.2 Å². The molecule has 19 heavy (non-hydrogen) atoms. The highest BCUT2D eigenvalue weighted by Crippen LogP contribution is 2.31. The first-order valence-corrected chi connectivity index (χ1v) is 4.82. The van der Waals surface area contributed by atoms with Crippen molar-refractivity contribution in [1.29, 1.82) is 0 Å². The van der Waals surface area contributed by atoms with Crippen LogP contribution in [0.15, 0.2) is 27.4 Å². The standard InChI is InChI=1S/C11H5F3O5/c12-11(13,14)4-1-2-5-6(3-4)19-9(10(17)18)8(16)7(5)15/h1-3,16H,(H,17,18). The van der Waals surface area contributed by atoms with Gasteiger partial charge in [-0.1, -0.05) is 0 Å². The minimum absolute atomic E-state index is 0.337. The minimum Gasteiger partial charge on any atom is -0.501 e. The van der Waals surface area contributed by atoms with Crippen molar-refractivity contribution < 1.29 is 32.6 Å². The van der Waals surface area contributed by atoms with E-state index in [0.717, 1.165) is 6.07 Å². The van der Waals surface area contributed by atoms with Crippen molar-refractivity contribution in [2.24, 2.45) is 0 Å². The maximum atomic E-state index is 12.5. The maximum absolute atomic E-state index is 12.5. The van der Waals surface area contributed by atoms with E-state index >= 15 is 0 Å². The van der Waals surface area contributed by atoms with Gasteiger partial charge in [0.05, 0.1) is 10.9 Å². The molecule has 1 heterocycles. The molecule has 0 saturated heterocycles. The number of fused-ring (bicyclic) bond motifs is 1. The van der Waals surface area contributed by atoms with Crippen LogP contribution in [-0.4, -0.2) is 16.2 Å². The Morgan fingerprint density at radius 3 is 2.42 bits per heavy atom. The van der Waals surface area contributed by atoms with Gasteiger partial charge in [-0.15, -0.1) is 0 Å². The van der Waals surface area contributed by atoms with E-state index in [9.17, 15) is 27.9 Å². The number of hydrogen-bond acceptors (Lipinski definition) is 4. The Labute approximate surface area is 102 Å². The molecule has 1 aromatic heterocycles. The minimum atomic E-state index is -4.66. The second-order valence-corrected chi connectivity index (χ2v) is 3.62. The lowest BCUT2D eigenvalue weighted by Gasteiger charge is -2.07. The van der Waals surface area contributed by atoms with Gasteiger partial charge >= 0.3 is 12.1 Å². The summed E-state index contributed by atoms with van der Waals surface area (Å²) in [6, 6.07) is 1.96. The molecule has 0 fully saturated rings. The van der Waals surface area contributed by atoms with Crippen LogP contribution in [0.1, 0.15) is 16.1 Å².